The standard InChI is InChI=1S/C13H25N3O/c1-2-14-12(15-8-10-17)16-9-7-13(11-16)5-3-4-6-13/h17H,2-11H2,1H3,(H,14,15). The Kier molecular flexibility index (Phi) is 4.26. The van der Waals surface area contributed by atoms with E-state index in [1.165, 1.54) is 32.1 Å². The Morgan fingerprint density at radius 1 is 1.35 bits per heavy atom. The molecule has 17 heavy (non-hydrogen) atoms. The van der Waals surface area contributed by atoms with Gasteiger partial charge in [0.05, 0.1) is 13.2 Å². The van der Waals surface area contributed by atoms with E-state index in [4.69, 9.17) is 5.11 Å². The lowest BCUT2D eigenvalue weighted by Gasteiger charge is -2.25. The van der Waals surface area contributed by atoms with E-state index in [0.717, 1.165) is 25.6 Å². The molecule has 98 valence electrons. The van der Waals surface area contributed by atoms with E-state index in [2.05, 4.69) is 22.1 Å². The average molecular weight is 239 g/mol. The number of nitrogens with zero attached hydrogens (tertiary/aromatic N) is 2. The number of nitrogens with one attached hydrogen (secondary N) is 1. The predicted octanol–water partition coefficient (Wildman–Crippen LogP) is 1.21. The van der Waals surface area contributed by atoms with Crippen LogP contribution in [0.15, 0.2) is 4.99 Å². The molecule has 2 fully saturated rings. The molecular formula is C13H25N3O. The van der Waals surface area contributed by atoms with Crippen LogP contribution in [0.3, 0.4) is 0 Å². The highest BCUT2D eigenvalue weighted by molar-refractivity contribution is 5.80. The summed E-state index contributed by atoms with van der Waals surface area (Å²) in [6.45, 7) is 5.91. The molecule has 1 spiro atoms. The van der Waals surface area contributed by atoms with Gasteiger partial charge in [0, 0.05) is 19.6 Å². The van der Waals surface area contributed by atoms with Gasteiger partial charge in [-0.3, -0.25) is 4.99 Å². The largest absolute Gasteiger partial charge is 0.394 e. The summed E-state index contributed by atoms with van der Waals surface area (Å²) in [5.41, 5.74) is 0.579. The summed E-state index contributed by atoms with van der Waals surface area (Å²) in [5.74, 6) is 0.991. The van der Waals surface area contributed by atoms with Crippen molar-refractivity contribution in [3.8, 4) is 0 Å². The molecule has 0 bridgehead atoms. The molecule has 1 saturated heterocycles. The zero-order chi connectivity index (χ0) is 12.1. The molecular weight excluding hydrogens is 214 g/mol. The number of hydrogen-bond acceptors (Lipinski definition) is 2. The first-order valence-corrected chi connectivity index (χ1v) is 6.94. The Hall–Kier alpha value is -0.770. The van der Waals surface area contributed by atoms with Crippen molar-refractivity contribution in [2.75, 3.05) is 32.8 Å². The van der Waals surface area contributed by atoms with Crippen molar-refractivity contribution in [3.63, 3.8) is 0 Å². The summed E-state index contributed by atoms with van der Waals surface area (Å²) in [4.78, 5) is 6.83. The number of likely N-dealkylation sites (tertiary alicyclic amines) is 1. The van der Waals surface area contributed by atoms with Gasteiger partial charge in [0.2, 0.25) is 0 Å². The molecule has 1 heterocycles. The minimum Gasteiger partial charge on any atom is -0.394 e. The van der Waals surface area contributed by atoms with E-state index in [1.807, 2.05) is 0 Å². The van der Waals surface area contributed by atoms with Crippen LogP contribution in [0.2, 0.25) is 0 Å². The van der Waals surface area contributed by atoms with Crippen LogP contribution in [-0.4, -0.2) is 48.8 Å². The summed E-state index contributed by atoms with van der Waals surface area (Å²) in [5, 5.41) is 12.2. The molecule has 4 nitrogen and oxygen atoms in total. The monoisotopic (exact) mass is 239 g/mol. The molecule has 1 saturated carbocycles. The lowest BCUT2D eigenvalue weighted by atomic mass is 9.86. The molecule has 2 aliphatic rings. The zero-order valence-corrected chi connectivity index (χ0v) is 10.9. The molecule has 1 aliphatic heterocycles. The van der Waals surface area contributed by atoms with Crippen LogP contribution in [0, 0.1) is 5.41 Å². The quantitative estimate of drug-likeness (QED) is 0.575. The highest BCUT2D eigenvalue weighted by Gasteiger charge is 2.40. The van der Waals surface area contributed by atoms with Gasteiger partial charge in [-0.15, -0.1) is 0 Å². The molecule has 2 N–H and O–H groups in total. The van der Waals surface area contributed by atoms with E-state index in [-0.39, 0.29) is 6.61 Å². The minimum atomic E-state index is 0.133. The van der Waals surface area contributed by atoms with Crippen LogP contribution in [0.1, 0.15) is 39.0 Å². The van der Waals surface area contributed by atoms with Crippen LogP contribution in [0.5, 0.6) is 0 Å². The van der Waals surface area contributed by atoms with Crippen molar-refractivity contribution in [2.24, 2.45) is 10.4 Å². The van der Waals surface area contributed by atoms with Crippen LogP contribution >= 0.6 is 0 Å². The first-order chi connectivity index (χ1) is 8.29. The fourth-order valence-corrected chi connectivity index (χ4v) is 3.23. The topological polar surface area (TPSA) is 47.9 Å². The third-order valence-corrected chi connectivity index (χ3v) is 4.10. The van der Waals surface area contributed by atoms with Crippen molar-refractivity contribution < 1.29 is 5.11 Å². The maximum Gasteiger partial charge on any atom is 0.194 e. The van der Waals surface area contributed by atoms with Crippen LogP contribution in [0.4, 0.5) is 0 Å². The highest BCUT2D eigenvalue weighted by atomic mass is 16.3. The van der Waals surface area contributed by atoms with Gasteiger partial charge in [-0.2, -0.15) is 0 Å². The third-order valence-electron chi connectivity index (χ3n) is 4.10. The predicted molar refractivity (Wildman–Crippen MR) is 70.2 cm³/mol. The Balaban J connectivity index is 1.96. The molecule has 0 radical (unpaired) electrons. The maximum atomic E-state index is 8.88. The summed E-state index contributed by atoms with van der Waals surface area (Å²) in [6.07, 6.45) is 6.90. The van der Waals surface area contributed by atoms with Gasteiger partial charge in [-0.25, -0.2) is 0 Å². The number of rotatable bonds is 3. The second-order valence-electron chi connectivity index (χ2n) is 5.34. The van der Waals surface area contributed by atoms with Crippen molar-refractivity contribution >= 4 is 5.96 Å². The normalized spacial score (nSPS) is 23.6. The summed E-state index contributed by atoms with van der Waals surface area (Å²) in [6, 6.07) is 0. The Bertz CT molecular complexity index is 272. The molecule has 0 aromatic heterocycles. The van der Waals surface area contributed by atoms with Gasteiger partial charge >= 0.3 is 0 Å². The maximum absolute atomic E-state index is 8.88. The van der Waals surface area contributed by atoms with E-state index >= 15 is 0 Å². The molecule has 0 aromatic rings. The number of aliphatic hydroxyl groups is 1. The third kappa shape index (κ3) is 2.92. The van der Waals surface area contributed by atoms with Crippen molar-refractivity contribution in [3.05, 3.63) is 0 Å². The zero-order valence-electron chi connectivity index (χ0n) is 10.9. The van der Waals surface area contributed by atoms with Crippen molar-refractivity contribution in [1.29, 1.82) is 0 Å². The number of guanidine groups is 1. The smallest absolute Gasteiger partial charge is 0.194 e. The van der Waals surface area contributed by atoms with Crippen LogP contribution < -0.4 is 5.32 Å². The molecule has 4 heteroatoms. The van der Waals surface area contributed by atoms with Gasteiger partial charge in [0.15, 0.2) is 5.96 Å². The summed E-state index contributed by atoms with van der Waals surface area (Å²) >= 11 is 0. The van der Waals surface area contributed by atoms with Gasteiger partial charge in [0.25, 0.3) is 0 Å². The molecule has 0 unspecified atom stereocenters. The highest BCUT2D eigenvalue weighted by Crippen LogP contribution is 2.45. The molecule has 2 rings (SSSR count). The van der Waals surface area contributed by atoms with Gasteiger partial charge in [-0.1, -0.05) is 12.8 Å². The van der Waals surface area contributed by atoms with E-state index < -0.39 is 0 Å². The fraction of sp³-hybridized carbons (Fsp3) is 0.923. The van der Waals surface area contributed by atoms with E-state index in [9.17, 15) is 0 Å². The van der Waals surface area contributed by atoms with Crippen molar-refractivity contribution in [1.82, 2.24) is 10.2 Å². The summed E-state index contributed by atoms with van der Waals surface area (Å²) in [7, 11) is 0. The molecule has 0 amide bonds. The number of aliphatic hydroxyl groups excluding tert-OH is 1. The molecule has 0 atom stereocenters. The molecule has 1 aliphatic carbocycles. The first kappa shape index (κ1) is 12.7. The Morgan fingerprint density at radius 2 is 2.12 bits per heavy atom. The van der Waals surface area contributed by atoms with Gasteiger partial charge in [0.1, 0.15) is 0 Å². The van der Waals surface area contributed by atoms with Crippen LogP contribution in [0.25, 0.3) is 0 Å². The van der Waals surface area contributed by atoms with E-state index in [0.29, 0.717) is 12.0 Å². The number of hydrogen-bond donors (Lipinski definition) is 2. The summed E-state index contributed by atoms with van der Waals surface area (Å²) < 4.78 is 0. The minimum absolute atomic E-state index is 0.133. The van der Waals surface area contributed by atoms with Gasteiger partial charge < -0.3 is 15.3 Å². The lowest BCUT2D eigenvalue weighted by Crippen LogP contribution is -2.41. The fourth-order valence-electron chi connectivity index (χ4n) is 3.23. The Labute approximate surface area is 104 Å². The number of aliphatic imine (C=N–C) groups is 1. The second kappa shape index (κ2) is 5.71. The van der Waals surface area contributed by atoms with Gasteiger partial charge in [-0.05, 0) is 31.6 Å². The van der Waals surface area contributed by atoms with Crippen LogP contribution in [-0.2, 0) is 0 Å². The lowest BCUT2D eigenvalue weighted by molar-refractivity contribution is 0.301. The second-order valence-corrected chi connectivity index (χ2v) is 5.34. The average Bonchev–Trinajstić information content (AvgIpc) is 2.96. The first-order valence-electron chi connectivity index (χ1n) is 6.94. The SMILES string of the molecule is CCNC(=NCCO)N1CCC2(CCCC2)C1. The molecule has 0 aromatic carbocycles. The van der Waals surface area contributed by atoms with E-state index in [1.54, 1.807) is 0 Å². The Morgan fingerprint density at radius 3 is 2.76 bits per heavy atom. The van der Waals surface area contributed by atoms with Crippen molar-refractivity contribution in [2.45, 2.75) is 39.0 Å².